The van der Waals surface area contributed by atoms with Crippen LogP contribution in [-0.4, -0.2) is 40.2 Å². The smallest absolute Gasteiger partial charge is 0.261 e. The molecule has 0 amide bonds. The predicted molar refractivity (Wildman–Crippen MR) is 119 cm³/mol. The molecule has 1 aromatic carbocycles. The number of nitrogens with zero attached hydrogens (tertiary/aromatic N) is 3. The monoisotopic (exact) mass is 477 g/mol. The lowest BCUT2D eigenvalue weighted by Crippen LogP contribution is -2.34. The predicted octanol–water partition coefficient (Wildman–Crippen LogP) is 3.15. The summed E-state index contributed by atoms with van der Waals surface area (Å²) in [5, 5.41) is 0.527. The van der Waals surface area contributed by atoms with Crippen LogP contribution in [0.1, 0.15) is 31.0 Å². The highest BCUT2D eigenvalue weighted by molar-refractivity contribution is 7.91. The van der Waals surface area contributed by atoms with Crippen LogP contribution in [0.4, 0.5) is 4.39 Å². The van der Waals surface area contributed by atoms with Crippen molar-refractivity contribution in [3.05, 3.63) is 69.7 Å². The Morgan fingerprint density at radius 1 is 1.19 bits per heavy atom. The van der Waals surface area contributed by atoms with Gasteiger partial charge in [-0.1, -0.05) is 11.6 Å². The maximum absolute atomic E-state index is 13.8. The third kappa shape index (κ3) is 5.05. The highest BCUT2D eigenvalue weighted by atomic mass is 35.5. The third-order valence-corrected chi connectivity index (χ3v) is 7.77. The lowest BCUT2D eigenvalue weighted by Gasteiger charge is -2.27. The molecule has 1 atom stereocenters. The molecule has 3 heterocycles. The minimum atomic E-state index is -3.06. The van der Waals surface area contributed by atoms with Gasteiger partial charge in [0.05, 0.1) is 46.2 Å². The molecule has 4 rings (SSSR count). The van der Waals surface area contributed by atoms with Crippen LogP contribution in [0.5, 0.6) is 0 Å². The minimum Gasteiger partial charge on any atom is -0.297 e. The molecule has 0 spiro atoms. The molecule has 10 heteroatoms. The average Bonchev–Trinajstić information content (AvgIpc) is 2.76. The summed E-state index contributed by atoms with van der Waals surface area (Å²) in [6.07, 6.45) is 3.87. The lowest BCUT2D eigenvalue weighted by molar-refractivity contribution is -0.122. The minimum absolute atomic E-state index is 0.0273. The fourth-order valence-electron chi connectivity index (χ4n) is 4.03. The van der Waals surface area contributed by atoms with Crippen molar-refractivity contribution in [2.45, 2.75) is 31.7 Å². The number of halogens is 2. The number of sulfone groups is 1. The van der Waals surface area contributed by atoms with E-state index in [9.17, 15) is 22.4 Å². The van der Waals surface area contributed by atoms with E-state index < -0.39 is 27.3 Å². The van der Waals surface area contributed by atoms with E-state index in [0.717, 1.165) is 6.07 Å². The maximum Gasteiger partial charge on any atom is 0.261 e. The van der Waals surface area contributed by atoms with Crippen molar-refractivity contribution in [2.75, 3.05) is 11.5 Å². The van der Waals surface area contributed by atoms with Crippen LogP contribution >= 0.6 is 11.6 Å². The second kappa shape index (κ2) is 9.07. The first-order valence-corrected chi connectivity index (χ1v) is 12.4. The number of carbonyl (C=O) groups excluding carboxylic acids is 1. The van der Waals surface area contributed by atoms with Crippen LogP contribution < -0.4 is 5.56 Å². The van der Waals surface area contributed by atoms with Gasteiger partial charge in [-0.15, -0.1) is 0 Å². The van der Waals surface area contributed by atoms with Crippen LogP contribution in [0.2, 0.25) is 5.02 Å². The SMILES string of the molecule is O=C(Cc1ccc(Cl)cn1)C(CC1CCS(=O)(=O)CC1)n1cnc2ccc(F)cc2c1=O. The molecule has 1 aliphatic rings. The first-order chi connectivity index (χ1) is 15.2. The summed E-state index contributed by atoms with van der Waals surface area (Å²) in [5.41, 5.74) is 0.325. The van der Waals surface area contributed by atoms with E-state index in [1.807, 2.05) is 0 Å². The van der Waals surface area contributed by atoms with E-state index in [1.165, 1.54) is 29.2 Å². The molecule has 32 heavy (non-hydrogen) atoms. The van der Waals surface area contributed by atoms with Crippen molar-refractivity contribution >= 4 is 38.1 Å². The lowest BCUT2D eigenvalue weighted by atomic mass is 9.91. The summed E-state index contributed by atoms with van der Waals surface area (Å²) in [6.45, 7) is 0. The number of carbonyl (C=O) groups is 1. The van der Waals surface area contributed by atoms with Gasteiger partial charge in [0, 0.05) is 11.9 Å². The summed E-state index contributed by atoms with van der Waals surface area (Å²) >= 11 is 5.87. The molecule has 1 fully saturated rings. The Kier molecular flexibility index (Phi) is 6.39. The number of fused-ring (bicyclic) bond motifs is 1. The Morgan fingerprint density at radius 2 is 1.94 bits per heavy atom. The zero-order valence-corrected chi connectivity index (χ0v) is 18.7. The molecule has 1 unspecified atom stereocenters. The van der Waals surface area contributed by atoms with Crippen molar-refractivity contribution in [3.63, 3.8) is 0 Å². The Labute approximate surface area is 189 Å². The summed E-state index contributed by atoms with van der Waals surface area (Å²) in [4.78, 5) is 34.8. The van der Waals surface area contributed by atoms with Crippen molar-refractivity contribution in [1.82, 2.24) is 14.5 Å². The number of rotatable bonds is 6. The standard InChI is InChI=1S/C22H21ClFN3O4S/c23-15-1-3-17(25-12-15)11-21(28)20(9-14-5-7-32(30,31)8-6-14)27-13-26-19-4-2-16(24)10-18(19)22(27)29/h1-4,10,12-14,20H,5-9,11H2. The molecular weight excluding hydrogens is 457 g/mol. The second-order valence-electron chi connectivity index (χ2n) is 8.08. The van der Waals surface area contributed by atoms with E-state index in [0.29, 0.717) is 35.5 Å². The number of hydrogen-bond donors (Lipinski definition) is 0. The number of hydrogen-bond acceptors (Lipinski definition) is 6. The molecule has 0 radical (unpaired) electrons. The van der Waals surface area contributed by atoms with E-state index >= 15 is 0 Å². The van der Waals surface area contributed by atoms with Crippen LogP contribution in [0.25, 0.3) is 10.9 Å². The fraction of sp³-hybridized carbons (Fsp3) is 0.364. The van der Waals surface area contributed by atoms with E-state index in [4.69, 9.17) is 11.6 Å². The Balaban J connectivity index is 1.69. The van der Waals surface area contributed by atoms with Gasteiger partial charge < -0.3 is 0 Å². The fourth-order valence-corrected chi connectivity index (χ4v) is 5.73. The summed E-state index contributed by atoms with van der Waals surface area (Å²) in [7, 11) is -3.06. The molecule has 7 nitrogen and oxygen atoms in total. The molecule has 0 saturated carbocycles. The first-order valence-electron chi connectivity index (χ1n) is 10.2. The van der Waals surface area contributed by atoms with Crippen molar-refractivity contribution in [2.24, 2.45) is 5.92 Å². The van der Waals surface area contributed by atoms with Gasteiger partial charge in [0.15, 0.2) is 5.78 Å². The summed E-state index contributed by atoms with van der Waals surface area (Å²) in [6, 6.07) is 6.14. The Morgan fingerprint density at radius 3 is 2.62 bits per heavy atom. The van der Waals surface area contributed by atoms with Gasteiger partial charge in [-0.05, 0) is 55.5 Å². The zero-order chi connectivity index (χ0) is 22.9. The highest BCUT2D eigenvalue weighted by Gasteiger charge is 2.30. The largest absolute Gasteiger partial charge is 0.297 e. The van der Waals surface area contributed by atoms with E-state index in [-0.39, 0.29) is 35.0 Å². The molecule has 1 aliphatic heterocycles. The van der Waals surface area contributed by atoms with E-state index in [2.05, 4.69) is 9.97 Å². The van der Waals surface area contributed by atoms with Crippen LogP contribution in [0.3, 0.4) is 0 Å². The Hall–Kier alpha value is -2.65. The molecule has 168 valence electrons. The van der Waals surface area contributed by atoms with E-state index in [1.54, 1.807) is 12.1 Å². The quantitative estimate of drug-likeness (QED) is 0.540. The number of ketones is 1. The second-order valence-corrected chi connectivity index (χ2v) is 10.8. The van der Waals surface area contributed by atoms with Crippen LogP contribution in [0, 0.1) is 11.7 Å². The summed E-state index contributed by atoms with van der Waals surface area (Å²) < 4.78 is 38.6. The highest BCUT2D eigenvalue weighted by Crippen LogP contribution is 2.29. The van der Waals surface area contributed by atoms with Gasteiger partial charge in [0.2, 0.25) is 0 Å². The van der Waals surface area contributed by atoms with Gasteiger partial charge in [-0.25, -0.2) is 17.8 Å². The molecule has 1 saturated heterocycles. The molecular formula is C22H21ClFN3O4S. The molecule has 3 aromatic rings. The number of pyridine rings is 1. The van der Waals surface area contributed by atoms with Gasteiger partial charge in [-0.3, -0.25) is 19.1 Å². The number of benzene rings is 1. The van der Waals surface area contributed by atoms with Crippen molar-refractivity contribution in [1.29, 1.82) is 0 Å². The topological polar surface area (TPSA) is 99.0 Å². The molecule has 2 aromatic heterocycles. The van der Waals surface area contributed by atoms with Gasteiger partial charge in [0.25, 0.3) is 5.56 Å². The van der Waals surface area contributed by atoms with Crippen LogP contribution in [0.15, 0.2) is 47.7 Å². The average molecular weight is 478 g/mol. The molecule has 0 N–H and O–H groups in total. The first kappa shape index (κ1) is 22.5. The number of aromatic nitrogens is 3. The van der Waals surface area contributed by atoms with Gasteiger partial charge in [0.1, 0.15) is 15.7 Å². The van der Waals surface area contributed by atoms with Crippen molar-refractivity contribution in [3.8, 4) is 0 Å². The maximum atomic E-state index is 13.8. The Bertz CT molecular complexity index is 1310. The van der Waals surface area contributed by atoms with Gasteiger partial charge in [-0.2, -0.15) is 0 Å². The molecule has 0 aliphatic carbocycles. The summed E-state index contributed by atoms with van der Waals surface area (Å²) in [5.74, 6) is -0.741. The van der Waals surface area contributed by atoms with Crippen LogP contribution in [-0.2, 0) is 21.1 Å². The zero-order valence-electron chi connectivity index (χ0n) is 17.1. The van der Waals surface area contributed by atoms with Gasteiger partial charge >= 0.3 is 0 Å². The third-order valence-electron chi connectivity index (χ3n) is 5.83. The van der Waals surface area contributed by atoms with Crippen molar-refractivity contribution < 1.29 is 17.6 Å². The molecule has 0 bridgehead atoms. The normalized spacial score (nSPS) is 17.3. The number of Topliss-reactive ketones (excluding diaryl/α,β-unsaturated/α-hetero) is 1.